The van der Waals surface area contributed by atoms with Crippen LogP contribution in [0.25, 0.3) is 0 Å². The molecule has 3 aromatic rings. The van der Waals surface area contributed by atoms with E-state index in [2.05, 4.69) is 36.4 Å². The lowest BCUT2D eigenvalue weighted by Gasteiger charge is -2.07. The summed E-state index contributed by atoms with van der Waals surface area (Å²) in [7, 11) is 0. The fourth-order valence-electron chi connectivity index (χ4n) is 1.94. The molecule has 25 heavy (non-hydrogen) atoms. The third-order valence-electron chi connectivity index (χ3n) is 3.20. The number of carbonyl (C=O) groups is 1. The van der Waals surface area contributed by atoms with Crippen molar-refractivity contribution >= 4 is 50.1 Å². The number of amides is 1. The smallest absolute Gasteiger partial charge is 0.260 e. The first-order chi connectivity index (χ1) is 12.0. The number of rotatable bonds is 5. The number of pyridine rings is 1. The average molecular weight is 435 g/mol. The molecule has 0 radical (unpaired) electrons. The Morgan fingerprint density at radius 2 is 1.96 bits per heavy atom. The van der Waals surface area contributed by atoms with Crippen molar-refractivity contribution in [2.45, 2.75) is 29.7 Å². The number of aromatic nitrogens is 3. The third kappa shape index (κ3) is 4.65. The predicted octanol–water partition coefficient (Wildman–Crippen LogP) is 5.22. The number of hydrogen-bond acceptors (Lipinski definition) is 6. The molecule has 1 N–H and O–H groups in total. The highest BCUT2D eigenvalue weighted by Gasteiger charge is 2.16. The Bertz CT molecular complexity index is 880. The van der Waals surface area contributed by atoms with Crippen molar-refractivity contribution in [3.63, 3.8) is 0 Å². The number of benzene rings is 1. The zero-order valence-corrected chi connectivity index (χ0v) is 16.8. The van der Waals surface area contributed by atoms with Crippen molar-refractivity contribution in [3.8, 4) is 0 Å². The molecule has 1 amide bonds. The summed E-state index contributed by atoms with van der Waals surface area (Å²) in [6.07, 6.45) is 1.68. The second-order valence-electron chi connectivity index (χ2n) is 5.47. The fourth-order valence-corrected chi connectivity index (χ4v) is 3.83. The molecule has 0 saturated heterocycles. The van der Waals surface area contributed by atoms with Gasteiger partial charge in [-0.1, -0.05) is 52.9 Å². The molecule has 8 heteroatoms. The van der Waals surface area contributed by atoms with Crippen LogP contribution in [0, 0.1) is 0 Å². The van der Waals surface area contributed by atoms with Crippen LogP contribution < -0.4 is 5.32 Å². The van der Waals surface area contributed by atoms with Crippen molar-refractivity contribution in [2.75, 3.05) is 5.32 Å². The van der Waals surface area contributed by atoms with Gasteiger partial charge in [0.15, 0.2) is 0 Å². The first-order valence-electron chi connectivity index (χ1n) is 7.56. The standard InChI is InChI=1S/C17H15BrN4OS2/c1-10(2)15-21-22-17(25-15)20-14(23)13-4-3-9-19-16(13)24-12-7-5-11(18)6-8-12/h3-10H,1-2H3,(H,20,22,23). The van der Waals surface area contributed by atoms with Crippen molar-refractivity contribution in [3.05, 3.63) is 57.6 Å². The first-order valence-corrected chi connectivity index (χ1v) is 9.98. The molecule has 0 aliphatic carbocycles. The summed E-state index contributed by atoms with van der Waals surface area (Å²) in [5, 5.41) is 13.0. The van der Waals surface area contributed by atoms with E-state index in [4.69, 9.17) is 0 Å². The quantitative estimate of drug-likeness (QED) is 0.595. The van der Waals surface area contributed by atoms with Gasteiger partial charge in [0.25, 0.3) is 5.91 Å². The largest absolute Gasteiger partial charge is 0.296 e. The zero-order chi connectivity index (χ0) is 17.8. The molecular formula is C17H15BrN4OS2. The van der Waals surface area contributed by atoms with Crippen LogP contribution in [-0.2, 0) is 0 Å². The summed E-state index contributed by atoms with van der Waals surface area (Å²) in [5.74, 6) is 0.0456. The molecule has 2 aromatic heterocycles. The van der Waals surface area contributed by atoms with Gasteiger partial charge in [-0.25, -0.2) is 4.98 Å². The number of nitrogens with zero attached hydrogens (tertiary/aromatic N) is 3. The van der Waals surface area contributed by atoms with Crippen LogP contribution >= 0.6 is 39.0 Å². The maximum atomic E-state index is 12.6. The number of nitrogens with one attached hydrogen (secondary N) is 1. The first kappa shape index (κ1) is 18.0. The van der Waals surface area contributed by atoms with Crippen LogP contribution in [0.3, 0.4) is 0 Å². The minimum atomic E-state index is -0.237. The van der Waals surface area contributed by atoms with E-state index < -0.39 is 0 Å². The Morgan fingerprint density at radius 3 is 2.64 bits per heavy atom. The molecule has 3 rings (SSSR count). The topological polar surface area (TPSA) is 67.8 Å². The van der Waals surface area contributed by atoms with E-state index in [-0.39, 0.29) is 11.8 Å². The van der Waals surface area contributed by atoms with Crippen LogP contribution in [0.2, 0.25) is 0 Å². The Labute approximate surface area is 162 Å². The Morgan fingerprint density at radius 1 is 1.20 bits per heavy atom. The highest BCUT2D eigenvalue weighted by atomic mass is 79.9. The molecule has 128 valence electrons. The summed E-state index contributed by atoms with van der Waals surface area (Å²) in [5.41, 5.74) is 0.511. The molecule has 0 atom stereocenters. The van der Waals surface area contributed by atoms with E-state index in [1.165, 1.54) is 23.1 Å². The summed E-state index contributed by atoms with van der Waals surface area (Å²) < 4.78 is 1.01. The SMILES string of the molecule is CC(C)c1nnc(NC(=O)c2cccnc2Sc2ccc(Br)cc2)s1. The van der Waals surface area contributed by atoms with Crippen molar-refractivity contribution in [1.82, 2.24) is 15.2 Å². The van der Waals surface area contributed by atoms with Crippen molar-refractivity contribution < 1.29 is 4.79 Å². The van der Waals surface area contributed by atoms with Gasteiger partial charge >= 0.3 is 0 Å². The summed E-state index contributed by atoms with van der Waals surface area (Å²) in [4.78, 5) is 18.0. The highest BCUT2D eigenvalue weighted by Crippen LogP contribution is 2.30. The number of anilines is 1. The van der Waals surface area contributed by atoms with Gasteiger partial charge in [-0.3, -0.25) is 10.1 Å². The van der Waals surface area contributed by atoms with Crippen LogP contribution in [0.4, 0.5) is 5.13 Å². The van der Waals surface area contributed by atoms with Crippen LogP contribution in [0.5, 0.6) is 0 Å². The Hall–Kier alpha value is -1.77. The molecule has 0 bridgehead atoms. The molecule has 0 saturated carbocycles. The third-order valence-corrected chi connectivity index (χ3v) is 5.89. The van der Waals surface area contributed by atoms with Gasteiger partial charge in [0, 0.05) is 21.5 Å². The maximum Gasteiger partial charge on any atom is 0.260 e. The Balaban J connectivity index is 1.79. The van der Waals surface area contributed by atoms with Gasteiger partial charge in [0.05, 0.1) is 5.56 Å². The molecule has 0 aliphatic heterocycles. The van der Waals surface area contributed by atoms with Crippen LogP contribution in [-0.4, -0.2) is 21.1 Å². The number of hydrogen-bond donors (Lipinski definition) is 1. The van der Waals surface area contributed by atoms with E-state index in [1.54, 1.807) is 18.3 Å². The molecule has 5 nitrogen and oxygen atoms in total. The van der Waals surface area contributed by atoms with Gasteiger partial charge in [0.2, 0.25) is 5.13 Å². The number of halogens is 1. The number of carbonyl (C=O) groups excluding carboxylic acids is 1. The summed E-state index contributed by atoms with van der Waals surface area (Å²) >= 11 is 6.25. The van der Waals surface area contributed by atoms with Crippen LogP contribution in [0.15, 0.2) is 57.0 Å². The second kappa shape index (κ2) is 8.07. The fraction of sp³-hybridized carbons (Fsp3) is 0.176. The minimum Gasteiger partial charge on any atom is -0.296 e. The predicted molar refractivity (Wildman–Crippen MR) is 104 cm³/mol. The zero-order valence-electron chi connectivity index (χ0n) is 13.6. The molecule has 0 fully saturated rings. The van der Waals surface area contributed by atoms with Gasteiger partial charge in [-0.15, -0.1) is 10.2 Å². The lowest BCUT2D eigenvalue weighted by Crippen LogP contribution is -2.13. The van der Waals surface area contributed by atoms with Crippen molar-refractivity contribution in [1.29, 1.82) is 0 Å². The van der Waals surface area contributed by atoms with E-state index in [0.717, 1.165) is 14.4 Å². The van der Waals surface area contributed by atoms with Gasteiger partial charge < -0.3 is 0 Å². The van der Waals surface area contributed by atoms with E-state index in [0.29, 0.717) is 15.7 Å². The summed E-state index contributed by atoms with van der Waals surface area (Å²) in [6, 6.07) is 11.4. The normalized spacial score (nSPS) is 10.9. The van der Waals surface area contributed by atoms with Gasteiger partial charge in [-0.2, -0.15) is 0 Å². The molecule has 2 heterocycles. The van der Waals surface area contributed by atoms with E-state index >= 15 is 0 Å². The molecule has 0 unspecified atom stereocenters. The molecule has 0 aliphatic rings. The monoisotopic (exact) mass is 434 g/mol. The lowest BCUT2D eigenvalue weighted by molar-refractivity contribution is 0.102. The van der Waals surface area contributed by atoms with Gasteiger partial charge in [0.1, 0.15) is 10.0 Å². The van der Waals surface area contributed by atoms with Crippen molar-refractivity contribution in [2.24, 2.45) is 0 Å². The second-order valence-corrected chi connectivity index (χ2v) is 8.45. The van der Waals surface area contributed by atoms with E-state index in [9.17, 15) is 4.79 Å². The van der Waals surface area contributed by atoms with E-state index in [1.807, 2.05) is 38.1 Å². The summed E-state index contributed by atoms with van der Waals surface area (Å²) in [6.45, 7) is 4.08. The Kier molecular flexibility index (Phi) is 5.82. The lowest BCUT2D eigenvalue weighted by atomic mass is 10.2. The molecule has 1 aromatic carbocycles. The van der Waals surface area contributed by atoms with Crippen LogP contribution in [0.1, 0.15) is 35.1 Å². The molecular weight excluding hydrogens is 420 g/mol. The maximum absolute atomic E-state index is 12.6. The minimum absolute atomic E-state index is 0.237. The molecule has 0 spiro atoms. The average Bonchev–Trinajstić information content (AvgIpc) is 3.06. The van der Waals surface area contributed by atoms with Gasteiger partial charge in [-0.05, 0) is 36.4 Å². The highest BCUT2D eigenvalue weighted by molar-refractivity contribution is 9.10.